The van der Waals surface area contributed by atoms with Crippen LogP contribution in [0.15, 0.2) is 42.5 Å². The minimum absolute atomic E-state index is 0.165. The smallest absolute Gasteiger partial charge is 0.265 e. The fourth-order valence-electron chi connectivity index (χ4n) is 3.10. The molecule has 0 spiro atoms. The Balaban J connectivity index is 1.66. The molecule has 0 unspecified atom stereocenters. The van der Waals surface area contributed by atoms with Crippen LogP contribution < -0.4 is 24.4 Å². The van der Waals surface area contributed by atoms with Crippen molar-refractivity contribution < 1.29 is 33.3 Å². The van der Waals surface area contributed by atoms with Gasteiger partial charge in [0, 0.05) is 25.8 Å². The van der Waals surface area contributed by atoms with Gasteiger partial charge >= 0.3 is 0 Å². The topological polar surface area (TPSA) is 103 Å². The number of nitrogens with zero attached hydrogens (tertiary/aromatic N) is 1. The maximum absolute atomic E-state index is 12.7. The predicted octanol–water partition coefficient (Wildman–Crippen LogP) is 1.83. The maximum Gasteiger partial charge on any atom is 0.265 e. The van der Waals surface area contributed by atoms with Crippen LogP contribution in [0.1, 0.15) is 16.8 Å². The number of ketones is 1. The average Bonchev–Trinajstić information content (AvgIpc) is 2.82. The number of methoxy groups -OCH3 is 2. The Hall–Kier alpha value is -3.59. The molecule has 9 heteroatoms. The zero-order valence-electron chi connectivity index (χ0n) is 18.1. The molecule has 1 heterocycles. The molecule has 0 radical (unpaired) electrons. The highest BCUT2D eigenvalue weighted by atomic mass is 16.5. The van der Waals surface area contributed by atoms with E-state index in [9.17, 15) is 14.4 Å². The van der Waals surface area contributed by atoms with E-state index in [0.717, 1.165) is 0 Å². The maximum atomic E-state index is 12.7. The van der Waals surface area contributed by atoms with Gasteiger partial charge < -0.3 is 24.3 Å². The van der Waals surface area contributed by atoms with E-state index in [-0.39, 0.29) is 37.4 Å². The van der Waals surface area contributed by atoms with Crippen LogP contribution in [0.25, 0.3) is 0 Å². The fraction of sp³-hybridized carbons (Fsp3) is 0.348. The second-order valence-electron chi connectivity index (χ2n) is 7.03. The van der Waals surface area contributed by atoms with Gasteiger partial charge in [-0.05, 0) is 48.9 Å². The number of benzene rings is 2. The Labute approximate surface area is 186 Å². The number of Topliss-reactive ketones (excluding diaryl/α,β-unsaturated/α-hetero) is 1. The first-order chi connectivity index (χ1) is 15.5. The number of hydrogen-bond acceptors (Lipinski definition) is 7. The largest absolute Gasteiger partial charge is 0.497 e. The number of rotatable bonds is 11. The van der Waals surface area contributed by atoms with Crippen LogP contribution >= 0.6 is 0 Å². The van der Waals surface area contributed by atoms with Gasteiger partial charge in [0.25, 0.3) is 5.91 Å². The third-order valence-electron chi connectivity index (χ3n) is 4.80. The zero-order chi connectivity index (χ0) is 22.9. The van der Waals surface area contributed by atoms with Crippen molar-refractivity contribution in [1.29, 1.82) is 0 Å². The monoisotopic (exact) mass is 442 g/mol. The minimum atomic E-state index is -0.358. The molecule has 32 heavy (non-hydrogen) atoms. The lowest BCUT2D eigenvalue weighted by molar-refractivity contribution is -0.125. The molecule has 1 N–H and O–H groups in total. The molecule has 0 bridgehead atoms. The van der Waals surface area contributed by atoms with Gasteiger partial charge in [0.05, 0.1) is 12.8 Å². The van der Waals surface area contributed by atoms with E-state index >= 15 is 0 Å². The molecule has 0 aliphatic carbocycles. The quantitative estimate of drug-likeness (QED) is 0.418. The lowest BCUT2D eigenvalue weighted by Gasteiger charge is -2.29. The summed E-state index contributed by atoms with van der Waals surface area (Å²) in [6.45, 7) is 0.461. The Morgan fingerprint density at radius 1 is 1.09 bits per heavy atom. The second-order valence-corrected chi connectivity index (χ2v) is 7.03. The number of hydrogen-bond donors (Lipinski definition) is 1. The standard InChI is InChI=1S/C23H26N2O7/c1-29-11-3-10-24-22(27)13-25-19-12-16(4-9-21(19)32-15-23(25)28)20(26)14-31-18-7-5-17(30-2)6-8-18/h4-9,12H,3,10-11,13-15H2,1-2H3,(H,24,27). The van der Waals surface area contributed by atoms with Crippen molar-refractivity contribution in [3.05, 3.63) is 48.0 Å². The Bertz CT molecular complexity index is 959. The van der Waals surface area contributed by atoms with E-state index in [4.69, 9.17) is 18.9 Å². The number of ether oxygens (including phenoxy) is 4. The molecule has 1 aliphatic heterocycles. The van der Waals surface area contributed by atoms with Crippen LogP contribution in [-0.2, 0) is 14.3 Å². The van der Waals surface area contributed by atoms with E-state index in [0.29, 0.717) is 48.1 Å². The molecule has 0 aromatic heterocycles. The fourth-order valence-corrected chi connectivity index (χ4v) is 3.10. The molecule has 3 rings (SSSR count). The number of nitrogens with one attached hydrogen (secondary N) is 1. The van der Waals surface area contributed by atoms with Crippen molar-refractivity contribution in [3.8, 4) is 17.2 Å². The zero-order valence-corrected chi connectivity index (χ0v) is 18.1. The molecule has 9 nitrogen and oxygen atoms in total. The molecule has 1 aliphatic rings. The highest BCUT2D eigenvalue weighted by molar-refractivity contribution is 6.04. The first kappa shape index (κ1) is 23.1. The SMILES string of the molecule is COCCCNC(=O)CN1C(=O)COc2ccc(C(=O)COc3ccc(OC)cc3)cc21. The summed E-state index contributed by atoms with van der Waals surface area (Å²) in [5.41, 5.74) is 0.727. The van der Waals surface area contributed by atoms with E-state index in [2.05, 4.69) is 5.32 Å². The summed E-state index contributed by atoms with van der Waals surface area (Å²) < 4.78 is 21.0. The van der Waals surface area contributed by atoms with Crippen molar-refractivity contribution in [2.45, 2.75) is 6.42 Å². The molecule has 2 aromatic rings. The number of carbonyl (C=O) groups excluding carboxylic acids is 3. The number of carbonyl (C=O) groups is 3. The highest BCUT2D eigenvalue weighted by Crippen LogP contribution is 2.33. The van der Waals surface area contributed by atoms with Gasteiger partial charge in [-0.15, -0.1) is 0 Å². The van der Waals surface area contributed by atoms with Crippen LogP contribution in [0, 0.1) is 0 Å². The van der Waals surface area contributed by atoms with E-state index < -0.39 is 0 Å². The van der Waals surface area contributed by atoms with Crippen LogP contribution in [0.2, 0.25) is 0 Å². The van der Waals surface area contributed by atoms with Crippen LogP contribution in [0.3, 0.4) is 0 Å². The summed E-state index contributed by atoms with van der Waals surface area (Å²) in [5.74, 6) is 0.716. The normalized spacial score (nSPS) is 12.6. The summed E-state index contributed by atoms with van der Waals surface area (Å²) in [7, 11) is 3.16. The van der Waals surface area contributed by atoms with Gasteiger partial charge in [0.1, 0.15) is 23.8 Å². The lowest BCUT2D eigenvalue weighted by atomic mass is 10.1. The van der Waals surface area contributed by atoms with E-state index in [1.54, 1.807) is 56.7 Å². The predicted molar refractivity (Wildman–Crippen MR) is 117 cm³/mol. The summed E-state index contributed by atoms with van der Waals surface area (Å²) in [4.78, 5) is 38.6. The molecule has 2 amide bonds. The van der Waals surface area contributed by atoms with E-state index in [1.807, 2.05) is 0 Å². The molecule has 0 saturated heterocycles. The summed E-state index contributed by atoms with van der Waals surface area (Å²) in [6, 6.07) is 11.7. The molecular formula is C23H26N2O7. The number of anilines is 1. The molecule has 170 valence electrons. The van der Waals surface area contributed by atoms with Crippen molar-refractivity contribution in [2.75, 3.05) is 52.0 Å². The number of amides is 2. The third-order valence-corrected chi connectivity index (χ3v) is 4.80. The van der Waals surface area contributed by atoms with Gasteiger partial charge in [-0.1, -0.05) is 0 Å². The summed E-state index contributed by atoms with van der Waals surface area (Å²) in [6.07, 6.45) is 0.669. The molecule has 2 aromatic carbocycles. The lowest BCUT2D eigenvalue weighted by Crippen LogP contribution is -2.45. The third kappa shape index (κ3) is 5.98. The first-order valence-electron chi connectivity index (χ1n) is 10.1. The summed E-state index contributed by atoms with van der Waals surface area (Å²) >= 11 is 0. The minimum Gasteiger partial charge on any atom is -0.497 e. The van der Waals surface area contributed by atoms with Crippen molar-refractivity contribution in [1.82, 2.24) is 5.32 Å². The molecular weight excluding hydrogens is 416 g/mol. The summed E-state index contributed by atoms with van der Waals surface area (Å²) in [5, 5.41) is 2.75. The van der Waals surface area contributed by atoms with Crippen LogP contribution in [0.4, 0.5) is 5.69 Å². The second kappa shape index (κ2) is 11.1. The molecule has 0 fully saturated rings. The van der Waals surface area contributed by atoms with Crippen molar-refractivity contribution >= 4 is 23.3 Å². The van der Waals surface area contributed by atoms with Gasteiger partial charge in [-0.25, -0.2) is 0 Å². The Kier molecular flexibility index (Phi) is 8.04. The van der Waals surface area contributed by atoms with Gasteiger partial charge in [0.15, 0.2) is 19.0 Å². The van der Waals surface area contributed by atoms with E-state index in [1.165, 1.54) is 4.90 Å². The van der Waals surface area contributed by atoms with Gasteiger partial charge in [-0.2, -0.15) is 0 Å². The average molecular weight is 442 g/mol. The molecule has 0 saturated carbocycles. The first-order valence-corrected chi connectivity index (χ1v) is 10.1. The number of fused-ring (bicyclic) bond motifs is 1. The van der Waals surface area contributed by atoms with Crippen molar-refractivity contribution in [2.24, 2.45) is 0 Å². The van der Waals surface area contributed by atoms with Gasteiger partial charge in [0.2, 0.25) is 5.91 Å². The van der Waals surface area contributed by atoms with Crippen molar-refractivity contribution in [3.63, 3.8) is 0 Å². The Morgan fingerprint density at radius 2 is 1.84 bits per heavy atom. The van der Waals surface area contributed by atoms with Gasteiger partial charge in [-0.3, -0.25) is 19.3 Å². The van der Waals surface area contributed by atoms with Crippen LogP contribution in [0.5, 0.6) is 17.2 Å². The highest BCUT2D eigenvalue weighted by Gasteiger charge is 2.28. The molecule has 0 atom stereocenters. The van der Waals surface area contributed by atoms with Crippen LogP contribution in [-0.4, -0.2) is 64.7 Å². The Morgan fingerprint density at radius 3 is 2.56 bits per heavy atom.